The first-order chi connectivity index (χ1) is 13.3. The number of fused-ring (bicyclic) bond motifs is 1. The average molecular weight is 383 g/mol. The number of amides is 3. The standard InChI is InChI=1S/C21H25N3O4/c1-13-5-7-17(14(2)9-13)22-21(26)23-20(25)15(3)24(4)11-16-6-8-18-19(10-16)28-12-27-18/h5-10,15H,11-12H2,1-4H3,(H2,22,23,25,26). The predicted molar refractivity (Wildman–Crippen MR) is 107 cm³/mol. The van der Waals surface area contributed by atoms with E-state index in [4.69, 9.17) is 9.47 Å². The molecule has 7 heteroatoms. The Labute approximate surface area is 164 Å². The number of imide groups is 1. The molecule has 2 aromatic carbocycles. The van der Waals surface area contributed by atoms with E-state index in [0.29, 0.717) is 18.0 Å². The monoisotopic (exact) mass is 383 g/mol. The summed E-state index contributed by atoms with van der Waals surface area (Å²) in [6, 6.07) is 10.4. The molecule has 28 heavy (non-hydrogen) atoms. The van der Waals surface area contributed by atoms with Crippen LogP contribution in [0.5, 0.6) is 11.5 Å². The fourth-order valence-corrected chi connectivity index (χ4v) is 2.99. The molecule has 3 amide bonds. The Morgan fingerprint density at radius 1 is 1.11 bits per heavy atom. The van der Waals surface area contributed by atoms with Crippen LogP contribution in [0.4, 0.5) is 10.5 Å². The molecule has 1 heterocycles. The lowest BCUT2D eigenvalue weighted by molar-refractivity contribution is -0.124. The van der Waals surface area contributed by atoms with E-state index in [0.717, 1.165) is 22.4 Å². The summed E-state index contributed by atoms with van der Waals surface area (Å²) < 4.78 is 10.7. The van der Waals surface area contributed by atoms with Gasteiger partial charge in [0, 0.05) is 12.2 Å². The summed E-state index contributed by atoms with van der Waals surface area (Å²) in [6.45, 7) is 6.41. The van der Waals surface area contributed by atoms with Crippen LogP contribution in [0.2, 0.25) is 0 Å². The number of hydrogen-bond acceptors (Lipinski definition) is 5. The van der Waals surface area contributed by atoms with Gasteiger partial charge in [-0.25, -0.2) is 4.79 Å². The van der Waals surface area contributed by atoms with Crippen molar-refractivity contribution in [2.45, 2.75) is 33.4 Å². The molecule has 7 nitrogen and oxygen atoms in total. The van der Waals surface area contributed by atoms with Crippen molar-refractivity contribution >= 4 is 17.6 Å². The molecule has 0 radical (unpaired) electrons. The zero-order valence-electron chi connectivity index (χ0n) is 16.5. The van der Waals surface area contributed by atoms with E-state index in [2.05, 4.69) is 10.6 Å². The van der Waals surface area contributed by atoms with Crippen LogP contribution < -0.4 is 20.1 Å². The molecule has 0 fully saturated rings. The van der Waals surface area contributed by atoms with Crippen LogP contribution in [0.1, 0.15) is 23.6 Å². The minimum atomic E-state index is -0.541. The summed E-state index contributed by atoms with van der Waals surface area (Å²) in [7, 11) is 1.83. The number of rotatable bonds is 5. The number of urea groups is 1. The summed E-state index contributed by atoms with van der Waals surface area (Å²) in [4.78, 5) is 26.5. The minimum Gasteiger partial charge on any atom is -0.454 e. The SMILES string of the molecule is Cc1ccc(NC(=O)NC(=O)C(C)N(C)Cc2ccc3c(c2)OCO3)c(C)c1. The second-order valence-electron chi connectivity index (χ2n) is 7.04. The molecule has 2 N–H and O–H groups in total. The van der Waals surface area contributed by atoms with Gasteiger partial charge in [-0.1, -0.05) is 23.8 Å². The van der Waals surface area contributed by atoms with Crippen molar-refractivity contribution in [3.8, 4) is 11.5 Å². The van der Waals surface area contributed by atoms with Gasteiger partial charge in [-0.3, -0.25) is 15.0 Å². The van der Waals surface area contributed by atoms with Gasteiger partial charge >= 0.3 is 6.03 Å². The maximum absolute atomic E-state index is 12.4. The number of carbonyl (C=O) groups is 2. The van der Waals surface area contributed by atoms with Gasteiger partial charge in [0.2, 0.25) is 12.7 Å². The van der Waals surface area contributed by atoms with Crippen molar-refractivity contribution < 1.29 is 19.1 Å². The quantitative estimate of drug-likeness (QED) is 0.829. The molecule has 1 atom stereocenters. The van der Waals surface area contributed by atoms with E-state index in [1.807, 2.05) is 62.2 Å². The molecular formula is C21H25N3O4. The first-order valence-electron chi connectivity index (χ1n) is 9.11. The highest BCUT2D eigenvalue weighted by atomic mass is 16.7. The fourth-order valence-electron chi connectivity index (χ4n) is 2.99. The lowest BCUT2D eigenvalue weighted by atomic mass is 10.1. The van der Waals surface area contributed by atoms with Crippen LogP contribution in [0, 0.1) is 13.8 Å². The van der Waals surface area contributed by atoms with Crippen molar-refractivity contribution in [2.24, 2.45) is 0 Å². The second-order valence-corrected chi connectivity index (χ2v) is 7.04. The van der Waals surface area contributed by atoms with Crippen LogP contribution >= 0.6 is 0 Å². The molecule has 148 valence electrons. The highest BCUT2D eigenvalue weighted by molar-refractivity contribution is 6.03. The molecule has 0 bridgehead atoms. The Hall–Kier alpha value is -3.06. The Morgan fingerprint density at radius 2 is 1.86 bits per heavy atom. The molecule has 3 rings (SSSR count). The molecule has 0 saturated carbocycles. The number of anilines is 1. The summed E-state index contributed by atoms with van der Waals surface area (Å²) in [5.41, 5.74) is 3.72. The Bertz CT molecular complexity index is 897. The number of hydrogen-bond donors (Lipinski definition) is 2. The van der Waals surface area contributed by atoms with Crippen LogP contribution in [-0.4, -0.2) is 36.7 Å². The highest BCUT2D eigenvalue weighted by Crippen LogP contribution is 2.32. The molecule has 1 aliphatic heterocycles. The Balaban J connectivity index is 1.55. The number of benzene rings is 2. The summed E-state index contributed by atoms with van der Waals surface area (Å²) in [5, 5.41) is 5.12. The van der Waals surface area contributed by atoms with Gasteiger partial charge in [0.15, 0.2) is 11.5 Å². The lowest BCUT2D eigenvalue weighted by Crippen LogP contribution is -2.46. The predicted octanol–water partition coefficient (Wildman–Crippen LogP) is 3.20. The number of nitrogens with zero attached hydrogens (tertiary/aromatic N) is 1. The van der Waals surface area contributed by atoms with Gasteiger partial charge in [-0.2, -0.15) is 0 Å². The van der Waals surface area contributed by atoms with Crippen LogP contribution in [0.15, 0.2) is 36.4 Å². The zero-order chi connectivity index (χ0) is 20.3. The second kappa shape index (κ2) is 8.31. The van der Waals surface area contributed by atoms with Crippen molar-refractivity contribution in [2.75, 3.05) is 19.2 Å². The molecule has 0 saturated heterocycles. The zero-order valence-corrected chi connectivity index (χ0v) is 16.5. The summed E-state index contributed by atoms with van der Waals surface area (Å²) >= 11 is 0. The maximum Gasteiger partial charge on any atom is 0.325 e. The van der Waals surface area contributed by atoms with Gasteiger partial charge in [-0.15, -0.1) is 0 Å². The molecule has 0 aliphatic carbocycles. The van der Waals surface area contributed by atoms with Gasteiger partial charge in [0.25, 0.3) is 0 Å². The highest BCUT2D eigenvalue weighted by Gasteiger charge is 2.21. The average Bonchev–Trinajstić information content (AvgIpc) is 3.11. The summed E-state index contributed by atoms with van der Waals surface area (Å²) in [6.07, 6.45) is 0. The fraction of sp³-hybridized carbons (Fsp3) is 0.333. The van der Waals surface area contributed by atoms with Crippen LogP contribution in [0.3, 0.4) is 0 Å². The number of aryl methyl sites for hydroxylation is 2. The third kappa shape index (κ3) is 4.61. The van der Waals surface area contributed by atoms with Crippen LogP contribution in [-0.2, 0) is 11.3 Å². The van der Waals surface area contributed by atoms with Crippen molar-refractivity contribution in [1.29, 1.82) is 0 Å². The van der Waals surface area contributed by atoms with Gasteiger partial charge in [-0.05, 0) is 57.1 Å². The number of carbonyl (C=O) groups excluding carboxylic acids is 2. The maximum atomic E-state index is 12.4. The van der Waals surface area contributed by atoms with E-state index in [1.54, 1.807) is 6.92 Å². The smallest absolute Gasteiger partial charge is 0.325 e. The van der Waals surface area contributed by atoms with Crippen molar-refractivity contribution in [3.63, 3.8) is 0 Å². The van der Waals surface area contributed by atoms with Crippen molar-refractivity contribution in [3.05, 3.63) is 53.1 Å². The number of ether oxygens (including phenoxy) is 2. The van der Waals surface area contributed by atoms with Crippen LogP contribution in [0.25, 0.3) is 0 Å². The van der Waals surface area contributed by atoms with E-state index in [9.17, 15) is 9.59 Å². The summed E-state index contributed by atoms with van der Waals surface area (Å²) in [5.74, 6) is 1.06. The first kappa shape index (κ1) is 19.7. The van der Waals surface area contributed by atoms with E-state index in [1.165, 1.54) is 0 Å². The van der Waals surface area contributed by atoms with Gasteiger partial charge < -0.3 is 14.8 Å². The third-order valence-corrected chi connectivity index (χ3v) is 4.78. The number of likely N-dealkylation sites (N-methyl/N-ethyl adjacent to an activating group) is 1. The molecule has 2 aromatic rings. The molecule has 1 unspecified atom stereocenters. The van der Waals surface area contributed by atoms with Gasteiger partial charge in [0.05, 0.1) is 6.04 Å². The molecule has 0 aromatic heterocycles. The normalized spacial score (nSPS) is 13.3. The molecule has 0 spiro atoms. The first-order valence-corrected chi connectivity index (χ1v) is 9.11. The van der Waals surface area contributed by atoms with E-state index < -0.39 is 12.1 Å². The molecule has 1 aliphatic rings. The third-order valence-electron chi connectivity index (χ3n) is 4.78. The molecular weight excluding hydrogens is 358 g/mol. The minimum absolute atomic E-state index is 0.225. The van der Waals surface area contributed by atoms with Crippen molar-refractivity contribution in [1.82, 2.24) is 10.2 Å². The van der Waals surface area contributed by atoms with E-state index in [-0.39, 0.29) is 12.7 Å². The Kier molecular flexibility index (Phi) is 5.84. The topological polar surface area (TPSA) is 79.9 Å². The number of nitrogens with one attached hydrogen (secondary N) is 2. The Morgan fingerprint density at radius 3 is 2.61 bits per heavy atom. The lowest BCUT2D eigenvalue weighted by Gasteiger charge is -2.23. The van der Waals surface area contributed by atoms with Gasteiger partial charge in [0.1, 0.15) is 0 Å². The largest absolute Gasteiger partial charge is 0.454 e. The van der Waals surface area contributed by atoms with E-state index >= 15 is 0 Å².